The van der Waals surface area contributed by atoms with E-state index < -0.39 is 16.4 Å². The molecule has 1 aliphatic rings. The van der Waals surface area contributed by atoms with Crippen molar-refractivity contribution in [3.05, 3.63) is 32.8 Å². The second-order valence-electron chi connectivity index (χ2n) is 4.64. The summed E-state index contributed by atoms with van der Waals surface area (Å²) >= 11 is 3.24. The molecule has 0 aromatic heterocycles. The number of nitro groups is 1. The fourth-order valence-electron chi connectivity index (χ4n) is 2.35. The second kappa shape index (κ2) is 5.16. The van der Waals surface area contributed by atoms with Gasteiger partial charge in [-0.05, 0) is 34.8 Å². The summed E-state index contributed by atoms with van der Waals surface area (Å²) in [4.78, 5) is 21.6. The van der Waals surface area contributed by atoms with Gasteiger partial charge in [0.2, 0.25) is 0 Å². The summed E-state index contributed by atoms with van der Waals surface area (Å²) in [6.45, 7) is 0. The van der Waals surface area contributed by atoms with Crippen LogP contribution in [0.5, 0.6) is 0 Å². The predicted molar refractivity (Wildman–Crippen MR) is 73.3 cm³/mol. The lowest BCUT2D eigenvalue weighted by molar-refractivity contribution is -0.384. The summed E-state index contributed by atoms with van der Waals surface area (Å²) in [5.74, 6) is -0.879. The third-order valence-corrected chi connectivity index (χ3v) is 4.06. The van der Waals surface area contributed by atoms with Crippen LogP contribution >= 0.6 is 15.9 Å². The molecule has 1 aromatic carbocycles. The molecule has 0 bridgehead atoms. The topological polar surface area (TPSA) is 92.5 Å². The van der Waals surface area contributed by atoms with Gasteiger partial charge in [-0.1, -0.05) is 12.8 Å². The van der Waals surface area contributed by atoms with Gasteiger partial charge in [0.05, 0.1) is 4.92 Å². The standard InChI is InChI=1S/C12H13BrN2O4/c13-9-7-8(15(18)19)3-4-10(9)14-12(11(16)17)5-1-2-6-12/h3-4,7,14H,1-2,5-6H2,(H,16,17). The molecule has 0 spiro atoms. The van der Waals surface area contributed by atoms with Crippen LogP contribution in [-0.4, -0.2) is 21.5 Å². The van der Waals surface area contributed by atoms with Crippen molar-refractivity contribution >= 4 is 33.3 Å². The zero-order valence-electron chi connectivity index (χ0n) is 10.1. The Hall–Kier alpha value is -1.63. The molecule has 7 heteroatoms. The number of nitro benzene ring substituents is 1. The fraction of sp³-hybridized carbons (Fsp3) is 0.417. The number of rotatable bonds is 4. The van der Waals surface area contributed by atoms with Gasteiger partial charge in [0.25, 0.3) is 5.69 Å². The minimum absolute atomic E-state index is 0.0341. The van der Waals surface area contributed by atoms with Gasteiger partial charge >= 0.3 is 5.97 Å². The Morgan fingerprint density at radius 3 is 2.53 bits per heavy atom. The molecule has 0 atom stereocenters. The molecule has 1 aromatic rings. The smallest absolute Gasteiger partial charge is 0.329 e. The zero-order chi connectivity index (χ0) is 14.0. The van der Waals surface area contributed by atoms with E-state index in [1.54, 1.807) is 0 Å². The highest BCUT2D eigenvalue weighted by atomic mass is 79.9. The van der Waals surface area contributed by atoms with E-state index in [0.29, 0.717) is 23.0 Å². The molecule has 0 saturated heterocycles. The third kappa shape index (κ3) is 2.70. The van der Waals surface area contributed by atoms with Crippen molar-refractivity contribution in [2.75, 3.05) is 5.32 Å². The molecular weight excluding hydrogens is 316 g/mol. The average Bonchev–Trinajstić information content (AvgIpc) is 2.81. The van der Waals surface area contributed by atoms with Gasteiger partial charge in [0.15, 0.2) is 0 Å². The molecule has 6 nitrogen and oxygen atoms in total. The van der Waals surface area contributed by atoms with Crippen molar-refractivity contribution in [1.82, 2.24) is 0 Å². The molecular formula is C12H13BrN2O4. The van der Waals surface area contributed by atoms with Crippen molar-refractivity contribution in [3.8, 4) is 0 Å². The van der Waals surface area contributed by atoms with Gasteiger partial charge in [0.1, 0.15) is 5.54 Å². The number of non-ortho nitro benzene ring substituents is 1. The first-order valence-electron chi connectivity index (χ1n) is 5.90. The van der Waals surface area contributed by atoms with Crippen molar-refractivity contribution in [2.45, 2.75) is 31.2 Å². The molecule has 2 N–H and O–H groups in total. The van der Waals surface area contributed by atoms with E-state index in [1.165, 1.54) is 18.2 Å². The number of anilines is 1. The predicted octanol–water partition coefficient (Wildman–Crippen LogP) is 3.17. The fourth-order valence-corrected chi connectivity index (χ4v) is 2.81. The number of carboxylic acids is 1. The summed E-state index contributed by atoms with van der Waals surface area (Å²) in [7, 11) is 0. The lowest BCUT2D eigenvalue weighted by Gasteiger charge is -2.27. The number of nitrogens with one attached hydrogen (secondary N) is 1. The summed E-state index contributed by atoms with van der Waals surface area (Å²) in [5, 5.41) is 23.0. The van der Waals surface area contributed by atoms with Gasteiger partial charge in [-0.25, -0.2) is 4.79 Å². The summed E-state index contributed by atoms with van der Waals surface area (Å²) in [6.07, 6.45) is 2.85. The lowest BCUT2D eigenvalue weighted by atomic mass is 9.97. The van der Waals surface area contributed by atoms with Crippen LogP contribution in [0.1, 0.15) is 25.7 Å². The number of hydrogen-bond donors (Lipinski definition) is 2. The van der Waals surface area contributed by atoms with E-state index in [0.717, 1.165) is 12.8 Å². The molecule has 102 valence electrons. The number of carboxylic acid groups (broad SMARTS) is 1. The van der Waals surface area contributed by atoms with Gasteiger partial charge in [-0.2, -0.15) is 0 Å². The van der Waals surface area contributed by atoms with E-state index >= 15 is 0 Å². The van der Waals surface area contributed by atoms with E-state index in [2.05, 4.69) is 21.2 Å². The number of carbonyl (C=O) groups is 1. The maximum absolute atomic E-state index is 11.4. The normalized spacial score (nSPS) is 17.1. The Morgan fingerprint density at radius 2 is 2.05 bits per heavy atom. The van der Waals surface area contributed by atoms with Crippen LogP contribution in [0.2, 0.25) is 0 Å². The van der Waals surface area contributed by atoms with Crippen LogP contribution < -0.4 is 5.32 Å². The second-order valence-corrected chi connectivity index (χ2v) is 5.49. The van der Waals surface area contributed by atoms with Crippen LogP contribution in [0.25, 0.3) is 0 Å². The molecule has 2 rings (SSSR count). The quantitative estimate of drug-likeness (QED) is 0.654. The molecule has 0 radical (unpaired) electrons. The van der Waals surface area contributed by atoms with Crippen LogP contribution in [0.15, 0.2) is 22.7 Å². The molecule has 1 fully saturated rings. The summed E-state index contributed by atoms with van der Waals surface area (Å²) in [6, 6.07) is 4.26. The minimum Gasteiger partial charge on any atom is -0.480 e. The van der Waals surface area contributed by atoms with E-state index in [1.807, 2.05) is 0 Å². The number of hydrogen-bond acceptors (Lipinski definition) is 4. The SMILES string of the molecule is O=C(O)C1(Nc2ccc([N+](=O)[O-])cc2Br)CCCC1. The molecule has 0 aliphatic heterocycles. The largest absolute Gasteiger partial charge is 0.480 e. The van der Waals surface area contributed by atoms with Crippen LogP contribution in [0.3, 0.4) is 0 Å². The van der Waals surface area contributed by atoms with Crippen molar-refractivity contribution in [3.63, 3.8) is 0 Å². The number of halogens is 1. The van der Waals surface area contributed by atoms with Crippen LogP contribution in [0, 0.1) is 10.1 Å². The van der Waals surface area contributed by atoms with Gasteiger partial charge in [-0.15, -0.1) is 0 Å². The van der Waals surface area contributed by atoms with Crippen molar-refractivity contribution in [2.24, 2.45) is 0 Å². The van der Waals surface area contributed by atoms with E-state index in [4.69, 9.17) is 0 Å². The molecule has 19 heavy (non-hydrogen) atoms. The molecule has 0 amide bonds. The Bertz CT molecular complexity index is 526. The molecule has 1 aliphatic carbocycles. The first kappa shape index (κ1) is 13.8. The molecule has 0 heterocycles. The highest BCUT2D eigenvalue weighted by molar-refractivity contribution is 9.10. The van der Waals surface area contributed by atoms with Gasteiger partial charge in [0, 0.05) is 22.3 Å². The Labute approximate surface area is 118 Å². The summed E-state index contributed by atoms with van der Waals surface area (Å²) in [5.41, 5.74) is -0.429. The minimum atomic E-state index is -0.960. The monoisotopic (exact) mass is 328 g/mol. The number of nitrogens with zero attached hydrogens (tertiary/aromatic N) is 1. The van der Waals surface area contributed by atoms with E-state index in [-0.39, 0.29) is 5.69 Å². The number of aliphatic carboxylic acids is 1. The zero-order valence-corrected chi connectivity index (χ0v) is 11.6. The average molecular weight is 329 g/mol. The van der Waals surface area contributed by atoms with E-state index in [9.17, 15) is 20.0 Å². The number of benzene rings is 1. The van der Waals surface area contributed by atoms with Gasteiger partial charge in [-0.3, -0.25) is 10.1 Å². The maximum atomic E-state index is 11.4. The highest BCUT2D eigenvalue weighted by Crippen LogP contribution is 2.36. The van der Waals surface area contributed by atoms with Crippen molar-refractivity contribution in [1.29, 1.82) is 0 Å². The Balaban J connectivity index is 2.28. The van der Waals surface area contributed by atoms with Crippen molar-refractivity contribution < 1.29 is 14.8 Å². The van der Waals surface area contributed by atoms with Crippen LogP contribution in [0.4, 0.5) is 11.4 Å². The van der Waals surface area contributed by atoms with Gasteiger partial charge < -0.3 is 10.4 Å². The van der Waals surface area contributed by atoms with Crippen LogP contribution in [-0.2, 0) is 4.79 Å². The molecule has 0 unspecified atom stereocenters. The maximum Gasteiger partial charge on any atom is 0.329 e. The Morgan fingerprint density at radius 1 is 1.42 bits per heavy atom. The highest BCUT2D eigenvalue weighted by Gasteiger charge is 2.41. The summed E-state index contributed by atoms with van der Waals surface area (Å²) < 4.78 is 0.495. The molecule has 1 saturated carbocycles. The Kier molecular flexibility index (Phi) is 3.75. The third-order valence-electron chi connectivity index (χ3n) is 3.40. The first-order chi connectivity index (χ1) is 8.94. The first-order valence-corrected chi connectivity index (χ1v) is 6.69. The lowest BCUT2D eigenvalue weighted by Crippen LogP contribution is -2.43.